The molecule has 4 nitrogen and oxygen atoms in total. The lowest BCUT2D eigenvalue weighted by atomic mass is 9.54. The first-order valence-electron chi connectivity index (χ1n) is 19.1. The van der Waals surface area contributed by atoms with Crippen molar-refractivity contribution in [2.75, 3.05) is 0 Å². The molecule has 2 aliphatic carbocycles. The summed E-state index contributed by atoms with van der Waals surface area (Å²) in [5.41, 5.74) is 5.32. The van der Waals surface area contributed by atoms with E-state index in [0.29, 0.717) is 23.0 Å². The predicted octanol–water partition coefficient (Wildman–Crippen LogP) is 12.5. The fourth-order valence-corrected chi connectivity index (χ4v) is 10.4. The van der Waals surface area contributed by atoms with Crippen molar-refractivity contribution in [3.63, 3.8) is 0 Å². The van der Waals surface area contributed by atoms with E-state index in [1.54, 1.807) is 0 Å². The van der Waals surface area contributed by atoms with Gasteiger partial charge in [0.15, 0.2) is 17.5 Å². The van der Waals surface area contributed by atoms with Crippen LogP contribution in [0.1, 0.15) is 57.1 Å². The molecule has 0 amide bonds. The van der Waals surface area contributed by atoms with Crippen LogP contribution in [0.25, 0.3) is 77.3 Å². The van der Waals surface area contributed by atoms with Gasteiger partial charge in [0.1, 0.15) is 0 Å². The van der Waals surface area contributed by atoms with Crippen LogP contribution in [0, 0.1) is 29.1 Å². The number of fused-ring (bicyclic) bond motifs is 9. The molecule has 0 spiro atoms. The second-order valence-corrected chi connectivity index (χ2v) is 16.0. The lowest BCUT2D eigenvalue weighted by molar-refractivity contribution is 0.0780. The van der Waals surface area contributed by atoms with Gasteiger partial charge in [-0.2, -0.15) is 5.26 Å². The summed E-state index contributed by atoms with van der Waals surface area (Å²) in [6.45, 7) is 4.90. The average Bonchev–Trinajstić information content (AvgIpc) is 3.19. The Bertz CT molecular complexity index is 2730. The second-order valence-electron chi connectivity index (χ2n) is 16.0. The number of nitrogens with zero attached hydrogens (tertiary/aromatic N) is 4. The van der Waals surface area contributed by atoms with E-state index in [4.69, 9.17) is 15.0 Å². The third kappa shape index (κ3) is 5.37. The molecule has 1 aromatic heterocycles. The highest BCUT2D eigenvalue weighted by Crippen LogP contribution is 2.54. The first-order valence-corrected chi connectivity index (χ1v) is 19.1. The molecule has 256 valence electrons. The van der Waals surface area contributed by atoms with Crippen LogP contribution in [0.4, 0.5) is 0 Å². The normalized spacial score (nSPS) is 21.3. The quantitative estimate of drug-likeness (QED) is 0.173. The van der Waals surface area contributed by atoms with Gasteiger partial charge in [0.2, 0.25) is 0 Å². The van der Waals surface area contributed by atoms with E-state index < -0.39 is 0 Å². The lowest BCUT2D eigenvalue weighted by Crippen LogP contribution is -2.42. The Labute approximate surface area is 310 Å². The molecule has 2 fully saturated rings. The minimum absolute atomic E-state index is 0.269. The third-order valence-corrected chi connectivity index (χ3v) is 12.3. The minimum Gasteiger partial charge on any atom is -0.208 e. The fraction of sp³-hybridized carbons (Fsp3) is 0.224. The van der Waals surface area contributed by atoms with Gasteiger partial charge in [-0.05, 0) is 117 Å². The standard InChI is InChI=1S/C49H40N4/c1-30-22-32-23-31(2)27-49(26-30,28-32)39-19-16-34(17-20-39)46-51-47(36-15-14-33-8-3-4-9-35(33)24-36)53-48(52-46)37-18-21-41-43-13-7-10-38(29-50)45(43)42-12-6-5-11-40(42)44(41)25-37/h3-21,24-25,30-32H,22-23,26-28H2,1-2H3/t30-,31+,32?,49?. The molecule has 0 radical (unpaired) electrons. The van der Waals surface area contributed by atoms with E-state index in [9.17, 15) is 5.26 Å². The largest absolute Gasteiger partial charge is 0.208 e. The van der Waals surface area contributed by atoms with Crippen molar-refractivity contribution < 1.29 is 0 Å². The molecule has 7 aromatic carbocycles. The Morgan fingerprint density at radius 2 is 1.09 bits per heavy atom. The van der Waals surface area contributed by atoms with Crippen LogP contribution in [-0.4, -0.2) is 15.0 Å². The van der Waals surface area contributed by atoms with Gasteiger partial charge >= 0.3 is 0 Å². The van der Waals surface area contributed by atoms with Crippen molar-refractivity contribution in [3.05, 3.63) is 139 Å². The van der Waals surface area contributed by atoms with Crippen LogP contribution in [0.15, 0.2) is 127 Å². The molecule has 53 heavy (non-hydrogen) atoms. The van der Waals surface area contributed by atoms with Crippen molar-refractivity contribution in [2.45, 2.75) is 51.4 Å². The van der Waals surface area contributed by atoms with Gasteiger partial charge in [0, 0.05) is 22.1 Å². The number of benzene rings is 7. The van der Waals surface area contributed by atoms with Crippen LogP contribution < -0.4 is 0 Å². The van der Waals surface area contributed by atoms with Crippen LogP contribution >= 0.6 is 0 Å². The van der Waals surface area contributed by atoms with Crippen molar-refractivity contribution in [3.8, 4) is 40.2 Å². The summed E-state index contributed by atoms with van der Waals surface area (Å²) in [4.78, 5) is 15.5. The molecule has 0 N–H and O–H groups in total. The van der Waals surface area contributed by atoms with Gasteiger partial charge in [0.25, 0.3) is 0 Å². The van der Waals surface area contributed by atoms with Crippen LogP contribution in [-0.2, 0) is 5.41 Å². The molecule has 0 saturated heterocycles. The number of hydrogen-bond acceptors (Lipinski definition) is 4. The molecule has 4 atom stereocenters. The van der Waals surface area contributed by atoms with Crippen molar-refractivity contribution in [1.29, 1.82) is 5.26 Å². The van der Waals surface area contributed by atoms with Crippen LogP contribution in [0.5, 0.6) is 0 Å². The van der Waals surface area contributed by atoms with Crippen molar-refractivity contribution in [1.82, 2.24) is 15.0 Å². The minimum atomic E-state index is 0.269. The summed E-state index contributed by atoms with van der Waals surface area (Å²) in [5.74, 6) is 4.34. The van der Waals surface area contributed by atoms with Gasteiger partial charge in [-0.15, -0.1) is 0 Å². The van der Waals surface area contributed by atoms with E-state index >= 15 is 0 Å². The van der Waals surface area contributed by atoms with E-state index in [1.807, 2.05) is 18.2 Å². The summed E-state index contributed by atoms with van der Waals surface area (Å²) in [7, 11) is 0. The van der Waals surface area contributed by atoms with Gasteiger partial charge < -0.3 is 0 Å². The zero-order valence-corrected chi connectivity index (χ0v) is 30.2. The van der Waals surface area contributed by atoms with E-state index in [0.717, 1.165) is 72.1 Å². The molecule has 2 bridgehead atoms. The lowest BCUT2D eigenvalue weighted by Gasteiger charge is -2.50. The molecule has 1 heterocycles. The maximum atomic E-state index is 10.0. The summed E-state index contributed by atoms with van der Waals surface area (Å²) in [5, 5.41) is 18.8. The van der Waals surface area contributed by atoms with Crippen molar-refractivity contribution >= 4 is 43.1 Å². The molecule has 2 unspecified atom stereocenters. The molecule has 4 heteroatoms. The molecule has 10 rings (SSSR count). The average molecular weight is 685 g/mol. The van der Waals surface area contributed by atoms with Gasteiger partial charge in [-0.3, -0.25) is 0 Å². The Kier molecular flexibility index (Phi) is 7.41. The highest BCUT2D eigenvalue weighted by molar-refractivity contribution is 6.26. The van der Waals surface area contributed by atoms with Gasteiger partial charge in [-0.25, -0.2) is 15.0 Å². The first kappa shape index (κ1) is 31.8. The highest BCUT2D eigenvalue weighted by atomic mass is 15.0. The molecular formula is C49H40N4. The topological polar surface area (TPSA) is 62.5 Å². The fourth-order valence-electron chi connectivity index (χ4n) is 10.4. The SMILES string of the molecule is C[C@@H]1CC2C[C@H](C)CC(c3ccc(-c4nc(-c5ccc6ccccc6c5)nc(-c5ccc6c(c5)c5ccccc5c5c(C#N)cccc65)n4)cc3)(C2)C1. The Hall–Kier alpha value is -5.92. The van der Waals surface area contributed by atoms with Crippen molar-refractivity contribution in [2.24, 2.45) is 17.8 Å². The summed E-state index contributed by atoms with van der Waals surface area (Å²) in [6.07, 6.45) is 6.61. The Balaban J connectivity index is 1.14. The monoisotopic (exact) mass is 684 g/mol. The first-order chi connectivity index (χ1) is 25.9. The Morgan fingerprint density at radius 1 is 0.528 bits per heavy atom. The number of aromatic nitrogens is 3. The number of hydrogen-bond donors (Lipinski definition) is 0. The maximum absolute atomic E-state index is 10.0. The smallest absolute Gasteiger partial charge is 0.164 e. The van der Waals surface area contributed by atoms with Crippen LogP contribution in [0.3, 0.4) is 0 Å². The molecule has 0 aliphatic heterocycles. The maximum Gasteiger partial charge on any atom is 0.164 e. The predicted molar refractivity (Wildman–Crippen MR) is 217 cm³/mol. The summed E-state index contributed by atoms with van der Waals surface area (Å²) in [6, 6.07) is 47.4. The molecule has 2 saturated carbocycles. The second kappa shape index (κ2) is 12.3. The van der Waals surface area contributed by atoms with E-state index in [1.165, 1.54) is 43.1 Å². The molecule has 8 aromatic rings. The van der Waals surface area contributed by atoms with Gasteiger partial charge in [0.05, 0.1) is 11.6 Å². The van der Waals surface area contributed by atoms with Gasteiger partial charge in [-0.1, -0.05) is 123 Å². The summed E-state index contributed by atoms with van der Waals surface area (Å²) < 4.78 is 0. The molecule has 2 aliphatic rings. The van der Waals surface area contributed by atoms with E-state index in [2.05, 4.69) is 129 Å². The van der Waals surface area contributed by atoms with Crippen LogP contribution in [0.2, 0.25) is 0 Å². The number of nitriles is 1. The molecular weight excluding hydrogens is 645 g/mol. The highest BCUT2D eigenvalue weighted by Gasteiger charge is 2.45. The summed E-state index contributed by atoms with van der Waals surface area (Å²) >= 11 is 0. The van der Waals surface area contributed by atoms with E-state index in [-0.39, 0.29) is 5.41 Å². The zero-order valence-electron chi connectivity index (χ0n) is 30.2. The number of rotatable bonds is 4. The Morgan fingerprint density at radius 3 is 1.81 bits per heavy atom. The third-order valence-electron chi connectivity index (χ3n) is 12.3. The zero-order chi connectivity index (χ0) is 35.7.